The van der Waals surface area contributed by atoms with Gasteiger partial charge in [-0.05, 0) is 37.6 Å². The molecule has 0 aromatic heterocycles. The quantitative estimate of drug-likeness (QED) is 0.723. The first-order chi connectivity index (χ1) is 8.63. The highest BCUT2D eigenvalue weighted by molar-refractivity contribution is 9.10. The van der Waals surface area contributed by atoms with Gasteiger partial charge < -0.3 is 15.2 Å². The van der Waals surface area contributed by atoms with Crippen LogP contribution in [0.1, 0.15) is 18.4 Å². The van der Waals surface area contributed by atoms with Gasteiger partial charge in [0.2, 0.25) is 0 Å². The molecule has 0 fully saturated rings. The molecule has 102 valence electrons. The van der Waals surface area contributed by atoms with Crippen molar-refractivity contribution in [3.05, 3.63) is 28.2 Å². The lowest BCUT2D eigenvalue weighted by atomic mass is 10.2. The van der Waals surface area contributed by atoms with E-state index in [-0.39, 0.29) is 12.4 Å². The molecule has 0 saturated carbocycles. The van der Waals surface area contributed by atoms with Crippen molar-refractivity contribution < 1.29 is 18.6 Å². The van der Waals surface area contributed by atoms with E-state index in [9.17, 15) is 8.78 Å². The molecule has 0 atom stereocenters. The zero-order valence-corrected chi connectivity index (χ0v) is 11.4. The van der Waals surface area contributed by atoms with Gasteiger partial charge in [0.25, 0.3) is 0 Å². The van der Waals surface area contributed by atoms with E-state index in [1.54, 1.807) is 12.1 Å². The lowest BCUT2D eigenvalue weighted by molar-refractivity contribution is -0.0505. The monoisotopic (exact) mass is 323 g/mol. The summed E-state index contributed by atoms with van der Waals surface area (Å²) < 4.78 is 29.7. The van der Waals surface area contributed by atoms with Gasteiger partial charge in [-0.25, -0.2) is 0 Å². The number of alkyl halides is 2. The predicted octanol–water partition coefficient (Wildman–Crippen LogP) is 2.91. The average molecular weight is 324 g/mol. The summed E-state index contributed by atoms with van der Waals surface area (Å²) in [5.41, 5.74) is 0.675. The highest BCUT2D eigenvalue weighted by Gasteiger charge is 2.09. The summed E-state index contributed by atoms with van der Waals surface area (Å²) >= 11 is 3.29. The Bertz CT molecular complexity index is 364. The molecule has 1 aromatic carbocycles. The molecular formula is C12H16BrF2NO2. The Morgan fingerprint density at radius 1 is 1.33 bits per heavy atom. The second-order valence-electron chi connectivity index (χ2n) is 3.74. The van der Waals surface area contributed by atoms with Gasteiger partial charge in [-0.1, -0.05) is 15.9 Å². The summed E-state index contributed by atoms with van der Waals surface area (Å²) in [6.45, 7) is -1.48. The molecule has 0 spiro atoms. The molecule has 3 nitrogen and oxygen atoms in total. The number of aliphatic hydroxyl groups is 1. The summed E-state index contributed by atoms with van der Waals surface area (Å²) in [6, 6.07) is 4.92. The third kappa shape index (κ3) is 5.75. The zero-order chi connectivity index (χ0) is 13.4. The minimum Gasteiger partial charge on any atom is -0.434 e. The van der Waals surface area contributed by atoms with Gasteiger partial charge in [0.05, 0.1) is 0 Å². The maximum Gasteiger partial charge on any atom is 0.387 e. The number of benzene rings is 1. The van der Waals surface area contributed by atoms with Crippen molar-refractivity contribution in [1.82, 2.24) is 5.32 Å². The lowest BCUT2D eigenvalue weighted by Gasteiger charge is -2.12. The Morgan fingerprint density at radius 3 is 2.78 bits per heavy atom. The van der Waals surface area contributed by atoms with Gasteiger partial charge in [0.15, 0.2) is 0 Å². The Morgan fingerprint density at radius 2 is 2.11 bits per heavy atom. The van der Waals surface area contributed by atoms with Gasteiger partial charge in [-0.15, -0.1) is 0 Å². The molecule has 0 aliphatic carbocycles. The average Bonchev–Trinajstić information content (AvgIpc) is 2.31. The predicted molar refractivity (Wildman–Crippen MR) is 68.8 cm³/mol. The summed E-state index contributed by atoms with van der Waals surface area (Å²) in [5, 5.41) is 11.7. The number of nitrogens with one attached hydrogen (secondary N) is 1. The van der Waals surface area contributed by atoms with Crippen LogP contribution in [0.4, 0.5) is 8.78 Å². The molecule has 18 heavy (non-hydrogen) atoms. The zero-order valence-electron chi connectivity index (χ0n) is 9.83. The number of halogens is 3. The van der Waals surface area contributed by atoms with Crippen LogP contribution >= 0.6 is 15.9 Å². The fourth-order valence-electron chi connectivity index (χ4n) is 1.48. The molecule has 6 heteroatoms. The van der Waals surface area contributed by atoms with Crippen LogP contribution in [0.3, 0.4) is 0 Å². The van der Waals surface area contributed by atoms with Gasteiger partial charge in [-0.3, -0.25) is 0 Å². The first kappa shape index (κ1) is 15.3. The van der Waals surface area contributed by atoms with Crippen molar-refractivity contribution in [3.8, 4) is 5.75 Å². The number of unbranched alkanes of at least 4 members (excludes halogenated alkanes) is 1. The Hall–Kier alpha value is -0.720. The van der Waals surface area contributed by atoms with Crippen LogP contribution in [0.5, 0.6) is 5.75 Å². The molecule has 2 N–H and O–H groups in total. The van der Waals surface area contributed by atoms with Gasteiger partial charge >= 0.3 is 6.61 Å². The molecule has 0 aliphatic heterocycles. The summed E-state index contributed by atoms with van der Waals surface area (Å²) in [4.78, 5) is 0. The minimum atomic E-state index is -2.82. The maximum absolute atomic E-state index is 12.2. The van der Waals surface area contributed by atoms with Gasteiger partial charge in [0, 0.05) is 23.2 Å². The standard InChI is InChI=1S/C12H16BrF2NO2/c13-10-3-4-11(18-12(14)15)9(7-10)8-16-5-1-2-6-17/h3-4,7,12,16-17H,1-2,5-6,8H2. The number of hydrogen-bond donors (Lipinski definition) is 2. The van der Waals surface area contributed by atoms with E-state index in [1.807, 2.05) is 0 Å². The van der Waals surface area contributed by atoms with Crippen LogP contribution in [0.2, 0.25) is 0 Å². The van der Waals surface area contributed by atoms with E-state index in [0.29, 0.717) is 12.1 Å². The van der Waals surface area contributed by atoms with Crippen LogP contribution < -0.4 is 10.1 Å². The van der Waals surface area contributed by atoms with E-state index in [2.05, 4.69) is 26.0 Å². The second-order valence-corrected chi connectivity index (χ2v) is 4.65. The molecular weight excluding hydrogens is 308 g/mol. The number of rotatable bonds is 8. The van der Waals surface area contributed by atoms with E-state index in [0.717, 1.165) is 23.9 Å². The number of aliphatic hydroxyl groups excluding tert-OH is 1. The first-order valence-corrected chi connectivity index (χ1v) is 6.47. The molecule has 0 aliphatic rings. The topological polar surface area (TPSA) is 41.5 Å². The van der Waals surface area contributed by atoms with Crippen molar-refractivity contribution in [2.24, 2.45) is 0 Å². The highest BCUT2D eigenvalue weighted by atomic mass is 79.9. The molecule has 1 rings (SSSR count). The van der Waals surface area contributed by atoms with E-state index < -0.39 is 6.61 Å². The third-order valence-electron chi connectivity index (χ3n) is 2.32. The van der Waals surface area contributed by atoms with Crippen molar-refractivity contribution in [3.63, 3.8) is 0 Å². The highest BCUT2D eigenvalue weighted by Crippen LogP contribution is 2.24. The molecule has 0 unspecified atom stereocenters. The van der Waals surface area contributed by atoms with Crippen molar-refractivity contribution in [2.75, 3.05) is 13.2 Å². The third-order valence-corrected chi connectivity index (χ3v) is 2.81. The van der Waals surface area contributed by atoms with Gasteiger partial charge in [-0.2, -0.15) is 8.78 Å². The van der Waals surface area contributed by atoms with Crippen molar-refractivity contribution >= 4 is 15.9 Å². The lowest BCUT2D eigenvalue weighted by Crippen LogP contribution is -2.16. The smallest absolute Gasteiger partial charge is 0.387 e. The molecule has 1 aromatic rings. The fraction of sp³-hybridized carbons (Fsp3) is 0.500. The molecule has 0 amide bonds. The molecule has 0 saturated heterocycles. The van der Waals surface area contributed by atoms with Gasteiger partial charge in [0.1, 0.15) is 5.75 Å². The molecule has 0 radical (unpaired) electrons. The van der Waals surface area contributed by atoms with E-state index in [1.165, 1.54) is 6.07 Å². The van der Waals surface area contributed by atoms with Crippen LogP contribution in [0.25, 0.3) is 0 Å². The van der Waals surface area contributed by atoms with Crippen molar-refractivity contribution in [1.29, 1.82) is 0 Å². The Kier molecular flexibility index (Phi) is 7.15. The first-order valence-electron chi connectivity index (χ1n) is 5.68. The van der Waals surface area contributed by atoms with Crippen LogP contribution in [0, 0.1) is 0 Å². The molecule has 0 heterocycles. The number of ether oxygens (including phenoxy) is 1. The van der Waals surface area contributed by atoms with Crippen LogP contribution in [-0.2, 0) is 6.54 Å². The second kappa shape index (κ2) is 8.39. The summed E-state index contributed by atoms with van der Waals surface area (Å²) in [6.07, 6.45) is 1.57. The summed E-state index contributed by atoms with van der Waals surface area (Å²) in [5.74, 6) is 0.183. The summed E-state index contributed by atoms with van der Waals surface area (Å²) in [7, 11) is 0. The molecule has 0 bridgehead atoms. The van der Waals surface area contributed by atoms with Crippen LogP contribution in [0.15, 0.2) is 22.7 Å². The maximum atomic E-state index is 12.2. The minimum absolute atomic E-state index is 0.165. The fourth-order valence-corrected chi connectivity index (χ4v) is 1.89. The van der Waals surface area contributed by atoms with Crippen molar-refractivity contribution in [2.45, 2.75) is 26.0 Å². The SMILES string of the molecule is OCCCCNCc1cc(Br)ccc1OC(F)F. The largest absolute Gasteiger partial charge is 0.434 e. The number of hydrogen-bond acceptors (Lipinski definition) is 3. The van der Waals surface area contributed by atoms with E-state index in [4.69, 9.17) is 5.11 Å². The Balaban J connectivity index is 2.53. The van der Waals surface area contributed by atoms with E-state index >= 15 is 0 Å². The Labute approximate surface area is 113 Å². The normalized spacial score (nSPS) is 10.9. The van der Waals surface area contributed by atoms with Crippen LogP contribution in [-0.4, -0.2) is 24.9 Å².